The van der Waals surface area contributed by atoms with Gasteiger partial charge in [-0.1, -0.05) is 18.2 Å². The van der Waals surface area contributed by atoms with Gasteiger partial charge < -0.3 is 4.74 Å². The van der Waals surface area contributed by atoms with E-state index < -0.39 is 10.2 Å². The smallest absolute Gasteiger partial charge is 0.279 e. The zero-order chi connectivity index (χ0) is 14.5. The standard InChI is InChI=1S/C13H22N2O3S/c1-11(2)15(4)19(16,17)14-10-12(3)18-13-8-6-5-7-9-13/h5-9,11-12,14H,10H2,1-4H3. The summed E-state index contributed by atoms with van der Waals surface area (Å²) < 4.78 is 33.2. The van der Waals surface area contributed by atoms with Crippen molar-refractivity contribution in [2.45, 2.75) is 32.9 Å². The van der Waals surface area contributed by atoms with Crippen molar-refractivity contribution in [3.63, 3.8) is 0 Å². The molecule has 0 aliphatic rings. The van der Waals surface area contributed by atoms with Crippen LogP contribution in [0.5, 0.6) is 5.75 Å². The molecule has 0 aliphatic heterocycles. The molecule has 1 rings (SSSR count). The van der Waals surface area contributed by atoms with Crippen LogP contribution in [0, 0.1) is 0 Å². The molecule has 1 N–H and O–H groups in total. The number of para-hydroxylation sites is 1. The maximum absolute atomic E-state index is 11.9. The van der Waals surface area contributed by atoms with Crippen LogP contribution in [0.15, 0.2) is 30.3 Å². The van der Waals surface area contributed by atoms with Gasteiger partial charge in [-0.3, -0.25) is 0 Å². The summed E-state index contributed by atoms with van der Waals surface area (Å²) in [7, 11) is -1.89. The first-order chi connectivity index (χ1) is 8.83. The lowest BCUT2D eigenvalue weighted by molar-refractivity contribution is 0.223. The second-order valence-corrected chi connectivity index (χ2v) is 6.52. The maximum Gasteiger partial charge on any atom is 0.279 e. The molecule has 5 nitrogen and oxygen atoms in total. The molecule has 1 unspecified atom stereocenters. The Bertz CT molecular complexity index is 474. The van der Waals surface area contributed by atoms with Crippen LogP contribution < -0.4 is 9.46 Å². The summed E-state index contributed by atoms with van der Waals surface area (Å²) in [5.41, 5.74) is 0. The van der Waals surface area contributed by atoms with Gasteiger partial charge in [-0.25, -0.2) is 0 Å². The third-order valence-electron chi connectivity index (χ3n) is 2.74. The predicted molar refractivity (Wildman–Crippen MR) is 76.4 cm³/mol. The zero-order valence-electron chi connectivity index (χ0n) is 11.8. The molecule has 1 aromatic carbocycles. The van der Waals surface area contributed by atoms with Crippen LogP contribution >= 0.6 is 0 Å². The number of hydrogen-bond donors (Lipinski definition) is 1. The van der Waals surface area contributed by atoms with E-state index in [9.17, 15) is 8.42 Å². The molecule has 6 heteroatoms. The molecular formula is C13H22N2O3S. The van der Waals surface area contributed by atoms with Gasteiger partial charge in [0.1, 0.15) is 11.9 Å². The molecule has 0 saturated heterocycles. The number of ether oxygens (including phenoxy) is 1. The molecule has 108 valence electrons. The van der Waals surface area contributed by atoms with Crippen LogP contribution in [-0.2, 0) is 10.2 Å². The normalized spacial score (nSPS) is 13.8. The minimum absolute atomic E-state index is 0.0807. The molecule has 0 spiro atoms. The van der Waals surface area contributed by atoms with Gasteiger partial charge >= 0.3 is 0 Å². The number of rotatable bonds is 7. The Hall–Kier alpha value is -1.11. The van der Waals surface area contributed by atoms with E-state index in [1.807, 2.05) is 51.1 Å². The van der Waals surface area contributed by atoms with Crippen LogP contribution in [0.1, 0.15) is 20.8 Å². The average Bonchev–Trinajstić information content (AvgIpc) is 2.36. The van der Waals surface area contributed by atoms with Crippen LogP contribution in [-0.4, -0.2) is 38.5 Å². The van der Waals surface area contributed by atoms with Gasteiger partial charge in [0.15, 0.2) is 0 Å². The molecule has 1 aromatic rings. The number of hydrogen-bond acceptors (Lipinski definition) is 3. The quantitative estimate of drug-likeness (QED) is 0.829. The van der Waals surface area contributed by atoms with Crippen LogP contribution in [0.25, 0.3) is 0 Å². The highest BCUT2D eigenvalue weighted by Gasteiger charge is 2.20. The SMILES string of the molecule is CC(CNS(=O)(=O)N(C)C(C)C)Oc1ccccc1. The van der Waals surface area contributed by atoms with Crippen molar-refractivity contribution in [2.75, 3.05) is 13.6 Å². The molecule has 0 bridgehead atoms. The van der Waals surface area contributed by atoms with E-state index in [0.717, 1.165) is 5.75 Å². The second kappa shape index (κ2) is 6.88. The molecule has 0 radical (unpaired) electrons. The first kappa shape index (κ1) is 15.9. The van der Waals surface area contributed by atoms with Crippen LogP contribution in [0.2, 0.25) is 0 Å². The minimum atomic E-state index is -3.44. The molecule has 0 saturated carbocycles. The number of nitrogens with zero attached hydrogens (tertiary/aromatic N) is 1. The Labute approximate surface area is 115 Å². The average molecular weight is 286 g/mol. The van der Waals surface area contributed by atoms with Crippen molar-refractivity contribution in [1.29, 1.82) is 0 Å². The first-order valence-corrected chi connectivity index (χ1v) is 7.71. The van der Waals surface area contributed by atoms with E-state index in [1.165, 1.54) is 4.31 Å². The van der Waals surface area contributed by atoms with E-state index in [4.69, 9.17) is 4.74 Å². The predicted octanol–water partition coefficient (Wildman–Crippen LogP) is 1.63. The molecule has 0 amide bonds. The van der Waals surface area contributed by atoms with Crippen LogP contribution in [0.4, 0.5) is 0 Å². The van der Waals surface area contributed by atoms with Crippen molar-refractivity contribution in [1.82, 2.24) is 9.03 Å². The van der Waals surface area contributed by atoms with E-state index >= 15 is 0 Å². The summed E-state index contributed by atoms with van der Waals surface area (Å²) in [6.45, 7) is 5.70. The Morgan fingerprint density at radius 2 is 1.79 bits per heavy atom. The fourth-order valence-electron chi connectivity index (χ4n) is 1.38. The van der Waals surface area contributed by atoms with Crippen molar-refractivity contribution < 1.29 is 13.2 Å². The van der Waals surface area contributed by atoms with E-state index in [2.05, 4.69) is 4.72 Å². The highest BCUT2D eigenvalue weighted by atomic mass is 32.2. The Morgan fingerprint density at radius 1 is 1.21 bits per heavy atom. The summed E-state index contributed by atoms with van der Waals surface area (Å²) >= 11 is 0. The monoisotopic (exact) mass is 286 g/mol. The Morgan fingerprint density at radius 3 is 2.32 bits per heavy atom. The maximum atomic E-state index is 11.9. The van der Waals surface area contributed by atoms with Crippen molar-refractivity contribution in [2.24, 2.45) is 0 Å². The fraction of sp³-hybridized carbons (Fsp3) is 0.538. The number of nitrogens with one attached hydrogen (secondary N) is 1. The highest BCUT2D eigenvalue weighted by Crippen LogP contribution is 2.10. The van der Waals surface area contributed by atoms with E-state index in [0.29, 0.717) is 0 Å². The fourth-order valence-corrected chi connectivity index (χ4v) is 2.58. The van der Waals surface area contributed by atoms with Gasteiger partial charge in [0.25, 0.3) is 10.2 Å². The molecule has 1 atom stereocenters. The Kier molecular flexibility index (Phi) is 5.78. The van der Waals surface area contributed by atoms with Gasteiger partial charge in [-0.15, -0.1) is 0 Å². The molecule has 0 heterocycles. The van der Waals surface area contributed by atoms with Crippen molar-refractivity contribution >= 4 is 10.2 Å². The minimum Gasteiger partial charge on any atom is -0.489 e. The lowest BCUT2D eigenvalue weighted by Gasteiger charge is -2.22. The highest BCUT2D eigenvalue weighted by molar-refractivity contribution is 7.87. The third-order valence-corrected chi connectivity index (χ3v) is 4.45. The van der Waals surface area contributed by atoms with Gasteiger partial charge in [0.05, 0.1) is 0 Å². The molecule has 0 fully saturated rings. The van der Waals surface area contributed by atoms with Gasteiger partial charge in [-0.05, 0) is 32.9 Å². The van der Waals surface area contributed by atoms with E-state index in [-0.39, 0.29) is 18.7 Å². The van der Waals surface area contributed by atoms with E-state index in [1.54, 1.807) is 7.05 Å². The lowest BCUT2D eigenvalue weighted by atomic mass is 10.3. The molecular weight excluding hydrogens is 264 g/mol. The van der Waals surface area contributed by atoms with Gasteiger partial charge in [-0.2, -0.15) is 17.4 Å². The first-order valence-electron chi connectivity index (χ1n) is 6.27. The molecule has 0 aromatic heterocycles. The largest absolute Gasteiger partial charge is 0.489 e. The Balaban J connectivity index is 2.48. The van der Waals surface area contributed by atoms with Crippen molar-refractivity contribution in [3.8, 4) is 5.75 Å². The second-order valence-electron chi connectivity index (χ2n) is 4.70. The summed E-state index contributed by atoms with van der Waals surface area (Å²) in [6, 6.07) is 9.24. The van der Waals surface area contributed by atoms with Gasteiger partial charge in [0.2, 0.25) is 0 Å². The zero-order valence-corrected chi connectivity index (χ0v) is 12.6. The summed E-state index contributed by atoms with van der Waals surface area (Å²) in [6.07, 6.45) is -0.238. The summed E-state index contributed by atoms with van der Waals surface area (Å²) in [5, 5.41) is 0. The molecule has 19 heavy (non-hydrogen) atoms. The van der Waals surface area contributed by atoms with Gasteiger partial charge in [0, 0.05) is 19.6 Å². The number of benzene rings is 1. The lowest BCUT2D eigenvalue weighted by Crippen LogP contribution is -2.44. The van der Waals surface area contributed by atoms with Crippen molar-refractivity contribution in [3.05, 3.63) is 30.3 Å². The molecule has 0 aliphatic carbocycles. The summed E-state index contributed by atoms with van der Waals surface area (Å²) in [5.74, 6) is 0.728. The topological polar surface area (TPSA) is 58.6 Å². The summed E-state index contributed by atoms with van der Waals surface area (Å²) in [4.78, 5) is 0. The van der Waals surface area contributed by atoms with Crippen LogP contribution in [0.3, 0.4) is 0 Å². The third kappa shape index (κ3) is 5.18.